The first-order valence-electron chi connectivity index (χ1n) is 6.68. The van der Waals surface area contributed by atoms with E-state index in [9.17, 15) is 14.9 Å². The fourth-order valence-corrected chi connectivity index (χ4v) is 2.37. The van der Waals surface area contributed by atoms with Crippen LogP contribution in [0.4, 0.5) is 11.5 Å². The van der Waals surface area contributed by atoms with E-state index in [0.29, 0.717) is 19.0 Å². The summed E-state index contributed by atoms with van der Waals surface area (Å²) in [5, 5.41) is 10.8. The zero-order chi connectivity index (χ0) is 14.7. The standard InChI is InChI=1S/C13H18N4O3/c1-9-3-2-5-16(6-4-9)13(18)11-7-10(17(19)20)8-15-12(11)14/h7-9H,2-6H2,1H3,(H2,14,15). The van der Waals surface area contributed by atoms with Crippen molar-refractivity contribution in [2.45, 2.75) is 26.2 Å². The Morgan fingerprint density at radius 3 is 2.95 bits per heavy atom. The minimum atomic E-state index is -0.576. The highest BCUT2D eigenvalue weighted by Crippen LogP contribution is 2.22. The van der Waals surface area contributed by atoms with Gasteiger partial charge in [-0.25, -0.2) is 4.98 Å². The van der Waals surface area contributed by atoms with E-state index in [2.05, 4.69) is 11.9 Å². The molecule has 1 aliphatic rings. The predicted octanol–water partition coefficient (Wildman–Crippen LogP) is 1.83. The largest absolute Gasteiger partial charge is 0.383 e. The summed E-state index contributed by atoms with van der Waals surface area (Å²) in [5.41, 5.74) is 5.58. The van der Waals surface area contributed by atoms with Gasteiger partial charge >= 0.3 is 0 Å². The van der Waals surface area contributed by atoms with E-state index in [1.807, 2.05) is 0 Å². The Labute approximate surface area is 116 Å². The number of nitro groups is 1. The normalized spacial score (nSPS) is 19.4. The molecule has 0 radical (unpaired) electrons. The summed E-state index contributed by atoms with van der Waals surface area (Å²) in [7, 11) is 0. The highest BCUT2D eigenvalue weighted by atomic mass is 16.6. The van der Waals surface area contributed by atoms with Gasteiger partial charge in [0.25, 0.3) is 11.6 Å². The number of amides is 1. The molecule has 1 saturated heterocycles. The molecule has 108 valence electrons. The van der Waals surface area contributed by atoms with Gasteiger partial charge in [0, 0.05) is 19.2 Å². The van der Waals surface area contributed by atoms with Crippen LogP contribution in [0, 0.1) is 16.0 Å². The molecule has 2 N–H and O–H groups in total. The Balaban J connectivity index is 2.23. The van der Waals surface area contributed by atoms with Crippen molar-refractivity contribution in [1.82, 2.24) is 9.88 Å². The fraction of sp³-hybridized carbons (Fsp3) is 0.538. The second kappa shape index (κ2) is 5.85. The summed E-state index contributed by atoms with van der Waals surface area (Å²) in [4.78, 5) is 28.1. The number of aromatic nitrogens is 1. The van der Waals surface area contributed by atoms with E-state index in [-0.39, 0.29) is 23.0 Å². The predicted molar refractivity (Wildman–Crippen MR) is 74.2 cm³/mol. The topological polar surface area (TPSA) is 102 Å². The highest BCUT2D eigenvalue weighted by Gasteiger charge is 2.23. The molecule has 0 spiro atoms. The number of carbonyl (C=O) groups excluding carboxylic acids is 1. The van der Waals surface area contributed by atoms with Crippen LogP contribution in [-0.4, -0.2) is 33.8 Å². The van der Waals surface area contributed by atoms with Gasteiger partial charge < -0.3 is 10.6 Å². The molecule has 7 nitrogen and oxygen atoms in total. The Bertz CT molecular complexity index is 532. The van der Waals surface area contributed by atoms with Gasteiger partial charge in [0.1, 0.15) is 12.0 Å². The van der Waals surface area contributed by atoms with E-state index < -0.39 is 4.92 Å². The van der Waals surface area contributed by atoms with Crippen molar-refractivity contribution in [3.05, 3.63) is 27.9 Å². The lowest BCUT2D eigenvalue weighted by atomic mass is 10.0. The van der Waals surface area contributed by atoms with E-state index in [1.54, 1.807) is 4.90 Å². The molecule has 1 aromatic heterocycles. The van der Waals surface area contributed by atoms with Crippen LogP contribution in [0.2, 0.25) is 0 Å². The summed E-state index contributed by atoms with van der Waals surface area (Å²) < 4.78 is 0. The molecule has 20 heavy (non-hydrogen) atoms. The molecule has 1 fully saturated rings. The van der Waals surface area contributed by atoms with E-state index in [0.717, 1.165) is 25.5 Å². The average molecular weight is 278 g/mol. The van der Waals surface area contributed by atoms with Crippen LogP contribution in [0.15, 0.2) is 12.3 Å². The van der Waals surface area contributed by atoms with Crippen LogP contribution in [-0.2, 0) is 0 Å². The quantitative estimate of drug-likeness (QED) is 0.656. The SMILES string of the molecule is CC1CCCN(C(=O)c2cc([N+](=O)[O-])cnc2N)CC1. The summed E-state index contributed by atoms with van der Waals surface area (Å²) >= 11 is 0. The fourth-order valence-electron chi connectivity index (χ4n) is 2.37. The van der Waals surface area contributed by atoms with Gasteiger partial charge in [-0.05, 0) is 25.2 Å². The second-order valence-corrected chi connectivity index (χ2v) is 5.21. The summed E-state index contributed by atoms with van der Waals surface area (Å²) in [6.07, 6.45) is 4.03. The monoisotopic (exact) mass is 278 g/mol. The molecule has 0 bridgehead atoms. The molecule has 1 aromatic rings. The van der Waals surface area contributed by atoms with Crippen molar-refractivity contribution in [3.63, 3.8) is 0 Å². The Hall–Kier alpha value is -2.18. The van der Waals surface area contributed by atoms with E-state index >= 15 is 0 Å². The molecule has 0 aromatic carbocycles. The lowest BCUT2D eigenvalue weighted by molar-refractivity contribution is -0.385. The van der Waals surface area contributed by atoms with Gasteiger partial charge in [-0.1, -0.05) is 6.92 Å². The number of nitrogens with zero attached hydrogens (tertiary/aromatic N) is 3. The van der Waals surface area contributed by atoms with E-state index in [1.165, 1.54) is 6.07 Å². The van der Waals surface area contributed by atoms with Crippen molar-refractivity contribution in [1.29, 1.82) is 0 Å². The molecule has 1 unspecified atom stereocenters. The van der Waals surface area contributed by atoms with Gasteiger partial charge in [-0.2, -0.15) is 0 Å². The molecule has 2 heterocycles. The molecule has 0 saturated carbocycles. The number of hydrogen-bond acceptors (Lipinski definition) is 5. The zero-order valence-corrected chi connectivity index (χ0v) is 11.4. The van der Waals surface area contributed by atoms with Gasteiger partial charge in [0.05, 0.1) is 10.5 Å². The molecule has 1 aliphatic heterocycles. The first-order chi connectivity index (χ1) is 9.49. The van der Waals surface area contributed by atoms with Crippen LogP contribution < -0.4 is 5.73 Å². The number of carbonyl (C=O) groups is 1. The summed E-state index contributed by atoms with van der Waals surface area (Å²) in [6, 6.07) is 1.21. The third-order valence-electron chi connectivity index (χ3n) is 3.65. The average Bonchev–Trinajstić information content (AvgIpc) is 2.63. The van der Waals surface area contributed by atoms with Crippen LogP contribution in [0.1, 0.15) is 36.5 Å². The first kappa shape index (κ1) is 14.2. The maximum absolute atomic E-state index is 12.4. The molecular formula is C13H18N4O3. The van der Waals surface area contributed by atoms with Crippen molar-refractivity contribution in [2.24, 2.45) is 5.92 Å². The number of anilines is 1. The molecule has 1 atom stereocenters. The van der Waals surface area contributed by atoms with Gasteiger partial charge in [-0.3, -0.25) is 14.9 Å². The number of likely N-dealkylation sites (tertiary alicyclic amines) is 1. The summed E-state index contributed by atoms with van der Waals surface area (Å²) in [6.45, 7) is 3.48. The Kier molecular flexibility index (Phi) is 4.16. The second-order valence-electron chi connectivity index (χ2n) is 5.21. The van der Waals surface area contributed by atoms with Crippen LogP contribution in [0.25, 0.3) is 0 Å². The molecule has 2 rings (SSSR count). The molecule has 0 aliphatic carbocycles. The molecule has 7 heteroatoms. The summed E-state index contributed by atoms with van der Waals surface area (Å²) in [5.74, 6) is 0.360. The van der Waals surface area contributed by atoms with Crippen molar-refractivity contribution in [2.75, 3.05) is 18.8 Å². The minimum Gasteiger partial charge on any atom is -0.383 e. The zero-order valence-electron chi connectivity index (χ0n) is 11.4. The lowest BCUT2D eigenvalue weighted by Crippen LogP contribution is -2.32. The van der Waals surface area contributed by atoms with Crippen molar-refractivity contribution in [3.8, 4) is 0 Å². The molecule has 1 amide bonds. The first-order valence-corrected chi connectivity index (χ1v) is 6.68. The lowest BCUT2D eigenvalue weighted by Gasteiger charge is -2.20. The maximum Gasteiger partial charge on any atom is 0.288 e. The molecular weight excluding hydrogens is 260 g/mol. The number of nitrogen functional groups attached to an aromatic ring is 1. The van der Waals surface area contributed by atoms with Crippen LogP contribution in [0.3, 0.4) is 0 Å². The van der Waals surface area contributed by atoms with Crippen molar-refractivity contribution < 1.29 is 9.72 Å². The highest BCUT2D eigenvalue weighted by molar-refractivity contribution is 5.98. The minimum absolute atomic E-state index is 0.0397. The van der Waals surface area contributed by atoms with Crippen LogP contribution >= 0.6 is 0 Å². The maximum atomic E-state index is 12.4. The van der Waals surface area contributed by atoms with Crippen LogP contribution in [0.5, 0.6) is 0 Å². The van der Waals surface area contributed by atoms with E-state index in [4.69, 9.17) is 5.73 Å². The third-order valence-corrected chi connectivity index (χ3v) is 3.65. The third kappa shape index (κ3) is 3.04. The van der Waals surface area contributed by atoms with Gasteiger partial charge in [0.15, 0.2) is 0 Å². The number of rotatable bonds is 2. The Morgan fingerprint density at radius 1 is 1.50 bits per heavy atom. The number of hydrogen-bond donors (Lipinski definition) is 1. The van der Waals surface area contributed by atoms with Crippen molar-refractivity contribution >= 4 is 17.4 Å². The number of pyridine rings is 1. The number of nitrogens with two attached hydrogens (primary N) is 1. The van der Waals surface area contributed by atoms with Gasteiger partial charge in [-0.15, -0.1) is 0 Å². The van der Waals surface area contributed by atoms with Gasteiger partial charge in [0.2, 0.25) is 0 Å². The smallest absolute Gasteiger partial charge is 0.288 e. The Morgan fingerprint density at radius 2 is 2.25 bits per heavy atom.